The van der Waals surface area contributed by atoms with E-state index in [1.165, 1.54) is 0 Å². The van der Waals surface area contributed by atoms with Gasteiger partial charge in [-0.2, -0.15) is 5.10 Å². The highest BCUT2D eigenvalue weighted by Gasteiger charge is 2.13. The number of aromatic hydroxyl groups is 1. The number of phenols is 1. The summed E-state index contributed by atoms with van der Waals surface area (Å²) in [5.74, 6) is -0.226. The van der Waals surface area contributed by atoms with Crippen molar-refractivity contribution < 1.29 is 19.6 Å². The maximum absolute atomic E-state index is 10.7. The average Bonchev–Trinajstić information content (AvgIpc) is 2.33. The number of non-ortho nitro benzene ring substituents is 1. The molecule has 0 aliphatic heterocycles. The van der Waals surface area contributed by atoms with Crippen LogP contribution in [0.1, 0.15) is 5.56 Å². The number of carbonyl (C=O) groups is 1. The van der Waals surface area contributed by atoms with Crippen molar-refractivity contribution in [2.45, 2.75) is 0 Å². The Balaban J connectivity index is 3.01. The van der Waals surface area contributed by atoms with Crippen LogP contribution < -0.4 is 5.43 Å². The fourth-order valence-electron chi connectivity index (χ4n) is 1.01. The highest BCUT2D eigenvalue weighted by Crippen LogP contribution is 2.31. The van der Waals surface area contributed by atoms with E-state index in [1.807, 2.05) is 5.43 Å². The molecule has 0 aliphatic rings. The Hall–Kier alpha value is -2.16. The Bertz CT molecular complexity index is 517. The zero-order valence-electron chi connectivity index (χ0n) is 9.08. The lowest BCUT2D eigenvalue weighted by Crippen LogP contribution is -2.16. The number of benzene rings is 1. The molecule has 1 rings (SSSR count). The minimum Gasteiger partial charge on any atom is -0.506 e. The third-order valence-electron chi connectivity index (χ3n) is 1.83. The van der Waals surface area contributed by atoms with E-state index in [0.29, 0.717) is 0 Å². The highest BCUT2D eigenvalue weighted by atomic mass is 79.9. The molecule has 0 saturated heterocycles. The summed E-state index contributed by atoms with van der Waals surface area (Å²) in [5.41, 5.74) is 1.84. The summed E-state index contributed by atoms with van der Waals surface area (Å²) in [6.07, 6.45) is 0.263. The van der Waals surface area contributed by atoms with E-state index in [4.69, 9.17) is 0 Å². The summed E-state index contributed by atoms with van der Waals surface area (Å²) in [6, 6.07) is 2.27. The Labute approximate surface area is 110 Å². The van der Waals surface area contributed by atoms with E-state index in [0.717, 1.165) is 25.5 Å². The smallest absolute Gasteiger partial charge is 0.427 e. The van der Waals surface area contributed by atoms with Crippen molar-refractivity contribution in [1.82, 2.24) is 5.43 Å². The van der Waals surface area contributed by atoms with Crippen LogP contribution in [0.2, 0.25) is 0 Å². The normalized spacial score (nSPS) is 10.3. The number of nitrogens with zero attached hydrogens (tertiary/aromatic N) is 2. The second-order valence-electron chi connectivity index (χ2n) is 2.98. The largest absolute Gasteiger partial charge is 0.506 e. The Morgan fingerprint density at radius 2 is 2.33 bits per heavy atom. The van der Waals surface area contributed by atoms with Gasteiger partial charge in [-0.3, -0.25) is 10.1 Å². The molecule has 0 heterocycles. The minimum absolute atomic E-state index is 0.0764. The lowest BCUT2D eigenvalue weighted by Gasteiger charge is -2.02. The second-order valence-corrected chi connectivity index (χ2v) is 3.84. The van der Waals surface area contributed by atoms with E-state index in [2.05, 4.69) is 25.8 Å². The van der Waals surface area contributed by atoms with Crippen LogP contribution in [-0.4, -0.2) is 29.4 Å². The monoisotopic (exact) mass is 317 g/mol. The highest BCUT2D eigenvalue weighted by molar-refractivity contribution is 9.10. The molecule has 0 aromatic heterocycles. The van der Waals surface area contributed by atoms with Gasteiger partial charge in [0, 0.05) is 17.7 Å². The van der Waals surface area contributed by atoms with Gasteiger partial charge >= 0.3 is 6.09 Å². The Morgan fingerprint density at radius 1 is 1.67 bits per heavy atom. The van der Waals surface area contributed by atoms with Gasteiger partial charge < -0.3 is 9.84 Å². The average molecular weight is 318 g/mol. The van der Waals surface area contributed by atoms with Gasteiger partial charge in [0.05, 0.1) is 22.7 Å². The number of halogens is 1. The van der Waals surface area contributed by atoms with Gasteiger partial charge in [0.1, 0.15) is 5.75 Å². The lowest BCUT2D eigenvalue weighted by molar-refractivity contribution is -0.385. The first-order valence-corrected chi connectivity index (χ1v) is 5.29. The number of rotatable bonds is 3. The summed E-state index contributed by atoms with van der Waals surface area (Å²) >= 11 is 2.97. The molecule has 18 heavy (non-hydrogen) atoms. The third kappa shape index (κ3) is 3.42. The molecule has 0 saturated carbocycles. The van der Waals surface area contributed by atoms with Gasteiger partial charge in [0.15, 0.2) is 0 Å². The molecular formula is C9H8BrN3O5. The molecule has 9 heteroatoms. The van der Waals surface area contributed by atoms with Crippen LogP contribution >= 0.6 is 15.9 Å². The van der Waals surface area contributed by atoms with Crippen molar-refractivity contribution in [2.24, 2.45) is 5.10 Å². The first-order valence-electron chi connectivity index (χ1n) is 4.49. The maximum Gasteiger partial charge on any atom is 0.427 e. The molecule has 8 nitrogen and oxygen atoms in total. The summed E-state index contributed by atoms with van der Waals surface area (Å²) in [5, 5.41) is 23.7. The number of nitro groups is 1. The molecule has 1 aromatic carbocycles. The van der Waals surface area contributed by atoms with E-state index in [9.17, 15) is 20.0 Å². The van der Waals surface area contributed by atoms with Crippen molar-refractivity contribution in [3.63, 3.8) is 0 Å². The molecule has 96 valence electrons. The number of hydrogen-bond donors (Lipinski definition) is 2. The molecule has 2 N–H and O–H groups in total. The molecule has 0 bridgehead atoms. The second kappa shape index (κ2) is 5.96. The molecule has 0 atom stereocenters. The van der Waals surface area contributed by atoms with Gasteiger partial charge in [0.2, 0.25) is 0 Å². The van der Waals surface area contributed by atoms with Crippen LogP contribution in [-0.2, 0) is 4.74 Å². The fraction of sp³-hybridized carbons (Fsp3) is 0.111. The first kappa shape index (κ1) is 13.9. The molecule has 1 amide bonds. The first-order chi connectivity index (χ1) is 8.45. The van der Waals surface area contributed by atoms with Crippen LogP contribution in [0.15, 0.2) is 21.7 Å². The van der Waals surface area contributed by atoms with E-state index >= 15 is 0 Å². The number of amides is 1. The summed E-state index contributed by atoms with van der Waals surface area (Å²) in [6.45, 7) is 0. The molecule has 0 aliphatic carbocycles. The number of methoxy groups -OCH3 is 1. The zero-order chi connectivity index (χ0) is 13.7. The predicted molar refractivity (Wildman–Crippen MR) is 65.6 cm³/mol. The molecular weight excluding hydrogens is 310 g/mol. The lowest BCUT2D eigenvalue weighted by atomic mass is 10.2. The number of ether oxygens (including phenoxy) is 1. The number of hydrazone groups is 1. The number of nitro benzene ring substituents is 1. The standard InChI is InChI=1S/C9H8BrN3O5/c1-18-9(15)12-11-4-5-2-6(13(16)17)3-7(10)8(5)14/h2-4,14H,1H3,(H,12,15). The summed E-state index contributed by atoms with van der Waals surface area (Å²) in [7, 11) is 1.16. The molecule has 0 radical (unpaired) electrons. The SMILES string of the molecule is COC(=O)NN=Cc1cc([N+](=O)[O-])cc(Br)c1O. The number of phenolic OH excluding ortho intramolecular Hbond substituents is 1. The maximum atomic E-state index is 10.7. The molecule has 1 aromatic rings. The van der Waals surface area contributed by atoms with Crippen LogP contribution in [0.4, 0.5) is 10.5 Å². The van der Waals surface area contributed by atoms with E-state index < -0.39 is 11.0 Å². The van der Waals surface area contributed by atoms with Crippen molar-refractivity contribution in [3.05, 3.63) is 32.3 Å². The van der Waals surface area contributed by atoms with E-state index in [-0.39, 0.29) is 21.5 Å². The van der Waals surface area contributed by atoms with Crippen LogP contribution in [0.3, 0.4) is 0 Å². The molecule has 0 fully saturated rings. The number of nitrogens with one attached hydrogen (secondary N) is 1. The van der Waals surface area contributed by atoms with Gasteiger partial charge in [-0.1, -0.05) is 0 Å². The summed E-state index contributed by atoms with van der Waals surface area (Å²) in [4.78, 5) is 20.7. The van der Waals surface area contributed by atoms with Crippen molar-refractivity contribution >= 4 is 33.9 Å². The van der Waals surface area contributed by atoms with E-state index in [1.54, 1.807) is 0 Å². The van der Waals surface area contributed by atoms with Crippen molar-refractivity contribution in [1.29, 1.82) is 0 Å². The Kier molecular flexibility index (Phi) is 4.60. The van der Waals surface area contributed by atoms with Crippen LogP contribution in [0.25, 0.3) is 0 Å². The third-order valence-corrected chi connectivity index (χ3v) is 2.44. The number of carbonyl (C=O) groups excluding carboxylic acids is 1. The van der Waals surface area contributed by atoms with Crippen molar-refractivity contribution in [3.8, 4) is 5.75 Å². The number of hydrogen-bond acceptors (Lipinski definition) is 6. The van der Waals surface area contributed by atoms with Gasteiger partial charge in [-0.25, -0.2) is 10.2 Å². The zero-order valence-corrected chi connectivity index (χ0v) is 10.7. The van der Waals surface area contributed by atoms with Gasteiger partial charge in [-0.15, -0.1) is 0 Å². The predicted octanol–water partition coefficient (Wildman–Crippen LogP) is 1.75. The van der Waals surface area contributed by atoms with Gasteiger partial charge in [-0.05, 0) is 15.9 Å². The Morgan fingerprint density at radius 3 is 2.89 bits per heavy atom. The molecule has 0 unspecified atom stereocenters. The minimum atomic E-state index is -0.796. The topological polar surface area (TPSA) is 114 Å². The van der Waals surface area contributed by atoms with Crippen molar-refractivity contribution in [2.75, 3.05) is 7.11 Å². The molecule has 0 spiro atoms. The quantitative estimate of drug-likeness (QED) is 0.500. The van der Waals surface area contributed by atoms with Crippen LogP contribution in [0, 0.1) is 10.1 Å². The van der Waals surface area contributed by atoms with Crippen LogP contribution in [0.5, 0.6) is 5.75 Å². The summed E-state index contributed by atoms with van der Waals surface area (Å²) < 4.78 is 4.41. The van der Waals surface area contributed by atoms with Gasteiger partial charge in [0.25, 0.3) is 5.69 Å². The fourth-order valence-corrected chi connectivity index (χ4v) is 1.47.